The largest absolute Gasteiger partial charge is 0.494 e. The number of rotatable bonds is 60. The first kappa shape index (κ1) is 117. The van der Waals surface area contributed by atoms with Gasteiger partial charge in [-0.05, 0) is 149 Å². The lowest BCUT2D eigenvalue weighted by Gasteiger charge is -2.33. The quantitative estimate of drug-likeness (QED) is 0.0223. The summed E-state index contributed by atoms with van der Waals surface area (Å²) in [6.07, 6.45) is 9.51. The number of aryl methyl sites for hydroxylation is 6. The number of carbonyl (C=O) groups is 13. The number of ether oxygens (including phenoxy) is 2. The van der Waals surface area contributed by atoms with Crippen LogP contribution >= 0.6 is 21.7 Å². The van der Waals surface area contributed by atoms with E-state index < -0.39 is 206 Å². The van der Waals surface area contributed by atoms with Crippen molar-refractivity contribution in [2.24, 2.45) is 0 Å². The molecule has 0 radical (unpaired) electrons. The zero-order chi connectivity index (χ0) is 107. The van der Waals surface area contributed by atoms with Crippen LogP contribution in [0.3, 0.4) is 0 Å². The van der Waals surface area contributed by atoms with Gasteiger partial charge in [-0.1, -0.05) is 6.92 Å². The average molecular weight is 2140 g/mol. The molecule has 8 aromatic rings. The van der Waals surface area contributed by atoms with Gasteiger partial charge < -0.3 is 131 Å². The summed E-state index contributed by atoms with van der Waals surface area (Å²) in [5.41, 5.74) is 2.46. The summed E-state index contributed by atoms with van der Waals surface area (Å²) in [6, 6.07) is 5.69. The molecule has 1 fully saturated rings. The van der Waals surface area contributed by atoms with Crippen LogP contribution in [0.4, 0.5) is 11.9 Å². The van der Waals surface area contributed by atoms with E-state index in [4.69, 9.17) is 9.47 Å². The number of imidazole rings is 2. The van der Waals surface area contributed by atoms with Gasteiger partial charge in [-0.15, -0.1) is 0 Å². The van der Waals surface area contributed by atoms with Crippen LogP contribution in [-0.2, 0) is 85.9 Å². The first-order valence-electron chi connectivity index (χ1n) is 46.9. The lowest BCUT2D eigenvalue weighted by atomic mass is 10.1. The zero-order valence-corrected chi connectivity index (χ0v) is 84.8. The van der Waals surface area contributed by atoms with Crippen molar-refractivity contribution < 1.29 is 136 Å². The summed E-state index contributed by atoms with van der Waals surface area (Å²) in [5, 5.41) is 77.9. The van der Waals surface area contributed by atoms with E-state index in [-0.39, 0.29) is 159 Å². The van der Waals surface area contributed by atoms with Crippen molar-refractivity contribution in [1.82, 2.24) is 116 Å². The number of hydrogen-bond acceptors (Lipinski definition) is 35. The van der Waals surface area contributed by atoms with Crippen molar-refractivity contribution in [3.63, 3.8) is 0 Å². The van der Waals surface area contributed by atoms with Crippen LogP contribution in [-0.4, -0.2) is 387 Å². The molecule has 5 heterocycles. The number of nitrogens with one attached hydrogen (secondary N) is 15. The smallest absolute Gasteiger partial charge is 0.323 e. The van der Waals surface area contributed by atoms with Crippen molar-refractivity contribution in [3.8, 4) is 11.5 Å². The third-order valence-corrected chi connectivity index (χ3v) is 28.1. The third kappa shape index (κ3) is 39.4. The van der Waals surface area contributed by atoms with Crippen LogP contribution in [0.1, 0.15) is 101 Å². The summed E-state index contributed by atoms with van der Waals surface area (Å²) < 4.78 is 136. The molecule has 9 amide bonds. The van der Waals surface area contributed by atoms with E-state index in [1.54, 1.807) is 80.6 Å². The topological polar surface area (TPSA) is 773 Å². The number of aromatic amines is 2. The summed E-state index contributed by atoms with van der Waals surface area (Å²) in [7, 11) is -18.4. The van der Waals surface area contributed by atoms with Crippen LogP contribution in [0.25, 0.3) is 21.8 Å². The fraction of sp³-hybridized carbons (Fsp3) is 0.494. The van der Waals surface area contributed by atoms with Crippen molar-refractivity contribution in [2.75, 3.05) is 166 Å². The second kappa shape index (κ2) is 56.6. The van der Waals surface area contributed by atoms with Gasteiger partial charge in [0.05, 0.1) is 99.3 Å². The summed E-state index contributed by atoms with van der Waals surface area (Å²) >= 11 is 0. The van der Waals surface area contributed by atoms with Crippen LogP contribution in [0.15, 0.2) is 108 Å². The van der Waals surface area contributed by atoms with Crippen molar-refractivity contribution >= 4 is 153 Å². The van der Waals surface area contributed by atoms with Gasteiger partial charge in [0.1, 0.15) is 41.7 Å². The Balaban J connectivity index is 0.746. The number of H-pyrrole nitrogens is 2. The number of aliphatic carboxylic acids is 4. The lowest BCUT2D eigenvalue weighted by molar-refractivity contribution is -0.140. The molecule has 4 aromatic heterocycles. The van der Waals surface area contributed by atoms with Gasteiger partial charge in [-0.25, -0.2) is 26.8 Å². The number of hydrogen-bond donors (Lipinski definition) is 25. The molecule has 1 saturated heterocycles. The Morgan fingerprint density at radius 3 is 1.18 bits per heavy atom. The highest BCUT2D eigenvalue weighted by molar-refractivity contribution is 8.19. The Kier molecular flexibility index (Phi) is 45.1. The number of carboxylic acid groups (broad SMARTS) is 4. The molecule has 1 aliphatic heterocycles. The Labute approximate surface area is 848 Å². The van der Waals surface area contributed by atoms with E-state index in [0.29, 0.717) is 81.3 Å². The van der Waals surface area contributed by atoms with Crippen LogP contribution in [0.2, 0.25) is 0 Å². The Hall–Kier alpha value is -13.3. The molecule has 5 atom stereocenters. The van der Waals surface area contributed by atoms with Gasteiger partial charge in [-0.3, -0.25) is 86.4 Å². The minimum atomic E-state index is -4.67. The van der Waals surface area contributed by atoms with Crippen LogP contribution < -0.4 is 77.4 Å². The predicted molar refractivity (Wildman–Crippen MR) is 537 cm³/mol. The molecule has 54 nitrogen and oxygen atoms in total. The van der Waals surface area contributed by atoms with Gasteiger partial charge in [0.25, 0.3) is 11.8 Å². The number of sulfonamides is 2. The third-order valence-electron chi connectivity index (χ3n) is 23.0. The first-order valence-corrected chi connectivity index (χ1v) is 53.2. The van der Waals surface area contributed by atoms with Crippen molar-refractivity contribution in [1.29, 1.82) is 0 Å². The second-order valence-corrected chi connectivity index (χ2v) is 41.1. The van der Waals surface area contributed by atoms with E-state index in [9.17, 15) is 127 Å². The lowest BCUT2D eigenvalue weighted by Crippen LogP contribution is -2.57. The molecular weight excluding hydrogens is 2010 g/mol. The maximum absolute atomic E-state index is 14.6. The minimum absolute atomic E-state index is 0.0265. The van der Waals surface area contributed by atoms with Crippen molar-refractivity contribution in [3.05, 3.63) is 131 Å². The summed E-state index contributed by atoms with van der Waals surface area (Å²) in [5.74, 6) is -14.4. The number of benzene rings is 4. The molecular formula is C89H129N25O29S4. The van der Waals surface area contributed by atoms with E-state index >= 15 is 0 Å². The average Bonchev–Trinajstić information content (AvgIpc) is 1.66. The zero-order valence-electron chi connectivity index (χ0n) is 81.5. The first-order chi connectivity index (χ1) is 69.7. The van der Waals surface area contributed by atoms with Gasteiger partial charge in [0.15, 0.2) is 11.9 Å². The van der Waals surface area contributed by atoms with Gasteiger partial charge in [-0.2, -0.15) is 19.6 Å². The molecule has 0 spiro atoms. The summed E-state index contributed by atoms with van der Waals surface area (Å²) in [4.78, 5) is 192. The normalized spacial score (nSPS) is 14.6. The standard InChI is InChI=1S/C89H129N25O29S4/c1-6-109-31-33-110(35-36-112(53-78(121)122)38-37-111(34-32-109)52-77(119)120)51-76(118)104-66(85(127)106-70(55-145(135,136)137)84(126)93-24-22-91-74(116)12-8-40-143-65-43-58(4)80(59(5)44-65)147(140,141)108-68(87(130)131)50-101-82(124)61-14-17-72-63(46-61)48-103-114(72)30-10-20-95-89-98-27-28-99-89)15-18-75(117)105-69(54-144(132,133)134)83(125)92-23-21-90-73(115)11-7-39-142-64-41-56(2)79(57(3)42-64)146(138,139)107-67(86(128)129)49-100-81(123)60-13-16-71-62(45-60)47-102-113(71)29-9-19-94-88-96-25-26-97-88/h13-14,16-17,25-28,41-48,66-70,107-108,132-137H,6-12,15,18-24,29-40,49-55H2,1-5H3,(H,90,115)(H,91,116)(H,92,125)(H,93,126)(H,100,123)(H,101,124)(H,104,118)(H,105,117)(H,106,127)(H,119,120)(H,121,122)(H,128,129)(H,130,131)(H2,94,96,97)(H2,95,98,99)/t66-,67-,68-,69-,70-/m0/s1. The minimum Gasteiger partial charge on any atom is -0.494 e. The number of amides is 9. The fourth-order valence-corrected chi connectivity index (χ4v) is 20.5. The molecule has 808 valence electrons. The molecule has 0 aliphatic carbocycles. The molecule has 9 rings (SSSR count). The highest BCUT2D eigenvalue weighted by Crippen LogP contribution is 2.35. The van der Waals surface area contributed by atoms with Gasteiger partial charge in [0, 0.05) is 184 Å². The predicted octanol–water partition coefficient (Wildman–Crippen LogP) is -0.0312. The number of likely N-dealkylation sites (N-methyl/N-ethyl adjacent to an activating group) is 1. The van der Waals surface area contributed by atoms with E-state index in [1.165, 1.54) is 69.0 Å². The van der Waals surface area contributed by atoms with E-state index in [1.807, 2.05) is 11.8 Å². The van der Waals surface area contributed by atoms with Crippen molar-refractivity contribution in [2.45, 2.75) is 139 Å². The highest BCUT2D eigenvalue weighted by atomic mass is 32.3. The van der Waals surface area contributed by atoms with E-state index in [0.717, 1.165) is 11.0 Å². The number of nitrogens with zero attached hydrogens (tertiary/aromatic N) is 10. The second-order valence-electron chi connectivity index (χ2n) is 34.6. The van der Waals surface area contributed by atoms with Crippen LogP contribution in [0, 0.1) is 27.7 Å². The van der Waals surface area contributed by atoms with Crippen LogP contribution in [0.5, 0.6) is 11.5 Å². The number of carboxylic acids is 4. The molecule has 58 heteroatoms. The number of anilines is 2. The molecule has 147 heavy (non-hydrogen) atoms. The molecule has 4 aromatic carbocycles. The number of aromatic nitrogens is 8. The molecule has 25 N–H and O–H groups in total. The fourth-order valence-electron chi connectivity index (χ4n) is 15.8. The van der Waals surface area contributed by atoms with Gasteiger partial charge >= 0.3 is 23.9 Å². The van der Waals surface area contributed by atoms with Gasteiger partial charge in [0.2, 0.25) is 61.4 Å². The monoisotopic (exact) mass is 2140 g/mol. The molecule has 0 saturated carbocycles. The Bertz CT molecular complexity index is 6040. The maximum Gasteiger partial charge on any atom is 0.323 e. The maximum atomic E-state index is 14.6. The highest BCUT2D eigenvalue weighted by Gasteiger charge is 2.37. The molecule has 1 aliphatic rings. The SMILES string of the molecule is CCN1CCN(CC(=O)O)CCN(CC(=O)O)CCN(CC(=O)N[C@@H](CCC(=O)N[C@@H](CS(O)(O)O)C(=O)NCCNC(=O)CCCOc2cc(C)c(S(=O)(=O)N[C@@H](CNC(=O)c3ccc4c(cnn4CCCNc4ncc[nH]4)c3)C(=O)O)c(C)c2)C(=O)N[C@@H](CS(O)(O)O)C(=O)NCCNC(=O)CCCOc2cc(C)c(S(=O)(=O)N[C@@H](CNC(=O)c3ccc4c(cnn4CCCNc4ncc[nH]4)c3)C(=O)O)c(C)c2)CC1. The number of carbonyl (C=O) groups excluding carboxylic acids is 9. The Morgan fingerprint density at radius 1 is 0.422 bits per heavy atom. The Morgan fingerprint density at radius 2 is 0.803 bits per heavy atom. The molecule has 0 unspecified atom stereocenters. The van der Waals surface area contributed by atoms with E-state index in [2.05, 4.69) is 98.1 Å². The summed E-state index contributed by atoms with van der Waals surface area (Å²) in [6.45, 7) is 7.84. The number of fused-ring (bicyclic) bond motifs is 2. The molecule has 0 bridgehead atoms.